The first-order chi connectivity index (χ1) is 19.6. The van der Waals surface area contributed by atoms with E-state index >= 15 is 0 Å². The van der Waals surface area contributed by atoms with E-state index in [0.29, 0.717) is 16.5 Å². The Hall–Kier alpha value is -2.67. The molecule has 230 valence electrons. The molecule has 0 amide bonds. The number of phosphoric ester groups is 1. The monoisotopic (exact) mass is 655 g/mol. The summed E-state index contributed by atoms with van der Waals surface area (Å²) in [5.74, 6) is 0.0887. The number of ether oxygens (including phenoxy) is 2. The molecule has 5 atom stereocenters. The lowest BCUT2D eigenvalue weighted by Gasteiger charge is -2.19. The lowest BCUT2D eigenvalue weighted by atomic mass is 10.2. The smallest absolute Gasteiger partial charge is 0.390 e. The number of fused-ring (bicyclic) bond motifs is 1. The van der Waals surface area contributed by atoms with Crippen LogP contribution in [0, 0.1) is 10.1 Å². The predicted molar refractivity (Wildman–Crippen MR) is 138 cm³/mol. The first kappa shape index (κ1) is 32.2. The van der Waals surface area contributed by atoms with Crippen LogP contribution >= 0.6 is 23.5 Å². The van der Waals surface area contributed by atoms with Crippen molar-refractivity contribution >= 4 is 46.0 Å². The molecular formula is C19H24N5O15P3. The summed E-state index contributed by atoms with van der Waals surface area (Å²) in [6, 6.07) is 6.06. The maximum atomic E-state index is 12.0. The van der Waals surface area contributed by atoms with Crippen LogP contribution in [0.15, 0.2) is 36.8 Å². The van der Waals surface area contributed by atoms with Crippen LogP contribution in [-0.2, 0) is 49.5 Å². The second-order valence-electron chi connectivity index (χ2n) is 8.72. The topological polar surface area (TPSA) is 298 Å². The fourth-order valence-electron chi connectivity index (χ4n) is 4.10. The molecule has 3 heterocycles. The van der Waals surface area contributed by atoms with Crippen molar-refractivity contribution in [3.8, 4) is 0 Å². The van der Waals surface area contributed by atoms with Crippen LogP contribution in [0.25, 0.3) is 11.0 Å². The summed E-state index contributed by atoms with van der Waals surface area (Å²) >= 11 is 0. The van der Waals surface area contributed by atoms with Gasteiger partial charge in [0.25, 0.3) is 5.69 Å². The van der Waals surface area contributed by atoms with Crippen LogP contribution in [0.5, 0.6) is 0 Å². The average molecular weight is 655 g/mol. The Kier molecular flexibility index (Phi) is 9.61. The third-order valence-corrected chi connectivity index (χ3v) is 9.56. The molecule has 1 fully saturated rings. The van der Waals surface area contributed by atoms with E-state index in [1.165, 1.54) is 23.0 Å². The van der Waals surface area contributed by atoms with Gasteiger partial charge >= 0.3 is 23.5 Å². The number of phosphoric acid groups is 3. The molecule has 20 nitrogen and oxygen atoms in total. The number of nitrogen functional groups attached to an aromatic ring is 1. The summed E-state index contributed by atoms with van der Waals surface area (Å²) in [4.78, 5) is 55.1. The minimum atomic E-state index is -5.72. The Labute approximate surface area is 235 Å². The van der Waals surface area contributed by atoms with Crippen LogP contribution in [-0.4, -0.2) is 63.0 Å². The first-order valence-electron chi connectivity index (χ1n) is 11.6. The molecular weight excluding hydrogens is 631 g/mol. The van der Waals surface area contributed by atoms with Gasteiger partial charge in [-0.15, -0.1) is 0 Å². The number of anilines is 1. The molecule has 1 saturated heterocycles. The normalized spacial score (nSPS) is 22.2. The first-order valence-corrected chi connectivity index (χ1v) is 16.1. The third kappa shape index (κ3) is 8.03. The Balaban J connectivity index is 1.46. The number of rotatable bonds is 13. The predicted octanol–water partition coefficient (Wildman–Crippen LogP) is 1.63. The molecule has 1 aromatic carbocycles. The molecule has 23 heteroatoms. The SMILES string of the molecule is Nc1ncnc2c1c(COCc1ccccc1[N+](=O)[O-])cn2[C@H]1C[C@H](O)[C@@H](COP(=O)(O)OP(=O)(O)OP(=O)(O)O)O1. The molecule has 4 rings (SSSR count). The van der Waals surface area contributed by atoms with E-state index in [1.54, 1.807) is 18.3 Å². The number of nitrogens with zero attached hydrogens (tertiary/aromatic N) is 4. The summed E-state index contributed by atoms with van der Waals surface area (Å²) in [7, 11) is -16.7. The lowest BCUT2D eigenvalue weighted by molar-refractivity contribution is -0.386. The van der Waals surface area contributed by atoms with Gasteiger partial charge in [-0.05, 0) is 6.07 Å². The third-order valence-electron chi connectivity index (χ3n) is 5.75. The van der Waals surface area contributed by atoms with Gasteiger partial charge in [-0.25, -0.2) is 23.7 Å². The van der Waals surface area contributed by atoms with Crippen molar-refractivity contribution in [2.45, 2.75) is 38.1 Å². The van der Waals surface area contributed by atoms with Crippen molar-refractivity contribution in [3.05, 3.63) is 58.0 Å². The zero-order valence-electron chi connectivity index (χ0n) is 21.1. The van der Waals surface area contributed by atoms with Crippen LogP contribution in [0.2, 0.25) is 0 Å². The maximum absolute atomic E-state index is 12.0. The minimum absolute atomic E-state index is 0.0716. The van der Waals surface area contributed by atoms with Crippen LogP contribution in [0.3, 0.4) is 0 Å². The molecule has 2 aromatic heterocycles. The molecule has 0 aliphatic carbocycles. The van der Waals surface area contributed by atoms with Gasteiger partial charge in [0.2, 0.25) is 0 Å². The highest BCUT2D eigenvalue weighted by Gasteiger charge is 2.43. The summed E-state index contributed by atoms with van der Waals surface area (Å²) in [6.07, 6.45) is -0.863. The van der Waals surface area contributed by atoms with Crippen molar-refractivity contribution in [1.29, 1.82) is 0 Å². The number of para-hydroxylation sites is 1. The number of hydrogen-bond acceptors (Lipinski definition) is 14. The Morgan fingerprint density at radius 2 is 1.76 bits per heavy atom. The van der Waals surface area contributed by atoms with E-state index in [9.17, 15) is 38.7 Å². The zero-order valence-corrected chi connectivity index (χ0v) is 23.7. The molecule has 3 aromatic rings. The van der Waals surface area contributed by atoms with Crippen LogP contribution < -0.4 is 5.73 Å². The van der Waals surface area contributed by atoms with Gasteiger partial charge in [0.1, 0.15) is 30.1 Å². The Bertz CT molecular complexity index is 1610. The van der Waals surface area contributed by atoms with Gasteiger partial charge in [0.05, 0.1) is 41.8 Å². The van der Waals surface area contributed by atoms with Gasteiger partial charge < -0.3 is 44.5 Å². The molecule has 2 unspecified atom stereocenters. The molecule has 0 spiro atoms. The van der Waals surface area contributed by atoms with Gasteiger partial charge in [-0.2, -0.15) is 8.62 Å². The van der Waals surface area contributed by atoms with E-state index in [1.807, 2.05) is 0 Å². The van der Waals surface area contributed by atoms with Crippen molar-refractivity contribution < 1.29 is 65.9 Å². The second-order valence-corrected chi connectivity index (χ2v) is 13.1. The summed E-state index contributed by atoms with van der Waals surface area (Å²) in [6.45, 7) is -1.03. The van der Waals surface area contributed by atoms with Crippen molar-refractivity contribution in [1.82, 2.24) is 14.5 Å². The van der Waals surface area contributed by atoms with Crippen LogP contribution in [0.4, 0.5) is 11.5 Å². The number of hydrogen-bond donors (Lipinski definition) is 6. The van der Waals surface area contributed by atoms with E-state index in [4.69, 9.17) is 25.0 Å². The van der Waals surface area contributed by atoms with Gasteiger partial charge in [-0.3, -0.25) is 14.6 Å². The number of benzene rings is 1. The summed E-state index contributed by atoms with van der Waals surface area (Å²) < 4.78 is 59.1. The van der Waals surface area contributed by atoms with Gasteiger partial charge in [0.15, 0.2) is 0 Å². The summed E-state index contributed by atoms with van der Waals surface area (Å²) in [5, 5.41) is 22.1. The zero-order chi connectivity index (χ0) is 30.9. The Morgan fingerprint density at radius 1 is 1.07 bits per heavy atom. The number of aliphatic hydroxyl groups excluding tert-OH is 1. The van der Waals surface area contributed by atoms with Crippen molar-refractivity contribution in [2.24, 2.45) is 0 Å². The second kappa shape index (κ2) is 12.5. The quantitative estimate of drug-likeness (QED) is 0.0865. The fraction of sp³-hybridized carbons (Fsp3) is 0.368. The lowest BCUT2D eigenvalue weighted by Crippen LogP contribution is -2.26. The molecule has 0 saturated carbocycles. The average Bonchev–Trinajstić information content (AvgIpc) is 3.41. The van der Waals surface area contributed by atoms with Gasteiger partial charge in [0, 0.05) is 24.2 Å². The Morgan fingerprint density at radius 3 is 2.45 bits per heavy atom. The number of nitrogens with two attached hydrogens (primary N) is 1. The largest absolute Gasteiger partial charge is 0.490 e. The minimum Gasteiger partial charge on any atom is -0.390 e. The highest BCUT2D eigenvalue weighted by Crippen LogP contribution is 2.66. The van der Waals surface area contributed by atoms with E-state index in [0.717, 1.165) is 0 Å². The highest BCUT2D eigenvalue weighted by molar-refractivity contribution is 7.66. The number of aromatic nitrogens is 3. The molecule has 0 bridgehead atoms. The maximum Gasteiger partial charge on any atom is 0.490 e. The van der Waals surface area contributed by atoms with E-state index < -0.39 is 53.4 Å². The van der Waals surface area contributed by atoms with E-state index in [2.05, 4.69) is 23.1 Å². The molecule has 1 aliphatic heterocycles. The van der Waals surface area contributed by atoms with E-state index in [-0.39, 0.29) is 36.8 Å². The standard InChI is InChI=1S/C19H24N5O15P3/c20-18-17-12(8-35-7-11-3-1-2-4-13(11)24(26)27)6-23(19(17)22-10-21-18)16-5-14(25)15(37-16)9-36-41(31,32)39-42(33,34)38-40(28,29)30/h1-4,6,10,14-16,25H,5,7-9H2,(H,31,32)(H,33,34)(H2,20,21,22)(H2,28,29,30)/t14-,15+,16+/m0/s1. The fourth-order valence-corrected chi connectivity index (χ4v) is 7.13. The number of aliphatic hydroxyl groups is 1. The number of nitro groups is 1. The highest BCUT2D eigenvalue weighted by atomic mass is 31.3. The van der Waals surface area contributed by atoms with Crippen LogP contribution in [0.1, 0.15) is 23.8 Å². The number of nitro benzene ring substituents is 1. The summed E-state index contributed by atoms with van der Waals surface area (Å²) in [5.41, 5.74) is 7.05. The molecule has 42 heavy (non-hydrogen) atoms. The molecule has 7 N–H and O–H groups in total. The molecule has 1 aliphatic rings. The van der Waals surface area contributed by atoms with Crippen molar-refractivity contribution in [3.63, 3.8) is 0 Å². The van der Waals surface area contributed by atoms with Crippen molar-refractivity contribution in [2.75, 3.05) is 12.3 Å². The molecule has 0 radical (unpaired) electrons. The van der Waals surface area contributed by atoms with Gasteiger partial charge in [-0.1, -0.05) is 12.1 Å².